The first-order valence-corrected chi connectivity index (χ1v) is 7.11. The van der Waals surface area contributed by atoms with Crippen LogP contribution >= 0.6 is 0 Å². The van der Waals surface area contributed by atoms with Crippen molar-refractivity contribution in [2.45, 2.75) is 33.1 Å². The minimum Gasteiger partial charge on any atom is -0.293 e. The molecule has 0 aliphatic heterocycles. The van der Waals surface area contributed by atoms with Gasteiger partial charge in [-0.25, -0.2) is 0 Å². The van der Waals surface area contributed by atoms with Crippen LogP contribution in [0.5, 0.6) is 0 Å². The van der Waals surface area contributed by atoms with E-state index < -0.39 is 0 Å². The molecule has 0 heterocycles. The lowest BCUT2D eigenvalue weighted by Crippen LogP contribution is -2.19. The number of carbonyl (C=O) groups excluding carboxylic acids is 1. The van der Waals surface area contributed by atoms with Gasteiger partial charge in [0.2, 0.25) is 0 Å². The van der Waals surface area contributed by atoms with Crippen molar-refractivity contribution in [3.8, 4) is 0 Å². The molecule has 0 bridgehead atoms. The Hall–Kier alpha value is -1.89. The van der Waals surface area contributed by atoms with Crippen molar-refractivity contribution < 1.29 is 4.79 Å². The van der Waals surface area contributed by atoms with E-state index >= 15 is 0 Å². The predicted octanol–water partition coefficient (Wildman–Crippen LogP) is 5.09. The molecular formula is C19H22O. The van der Waals surface area contributed by atoms with Gasteiger partial charge in [-0.15, -0.1) is 0 Å². The Morgan fingerprint density at radius 3 is 1.90 bits per heavy atom. The molecule has 0 spiro atoms. The Labute approximate surface area is 121 Å². The van der Waals surface area contributed by atoms with Gasteiger partial charge in [-0.1, -0.05) is 81.4 Å². The zero-order chi connectivity index (χ0) is 14.6. The molecule has 0 unspecified atom stereocenters. The van der Waals surface area contributed by atoms with Gasteiger partial charge in [-0.05, 0) is 17.4 Å². The van der Waals surface area contributed by atoms with Crippen LogP contribution in [0.4, 0.5) is 0 Å². The van der Waals surface area contributed by atoms with E-state index in [4.69, 9.17) is 0 Å². The molecule has 20 heavy (non-hydrogen) atoms. The standard InChI is InChI=1S/C19H22O/c1-19(2,3)14-17(15-10-6-4-7-11-15)18(20)16-12-8-5-9-13-16/h4-13,17H,14H2,1-3H3/t17-/m0/s1. The van der Waals surface area contributed by atoms with E-state index in [1.807, 2.05) is 48.5 Å². The molecule has 0 aliphatic rings. The van der Waals surface area contributed by atoms with Gasteiger partial charge < -0.3 is 0 Å². The van der Waals surface area contributed by atoms with Crippen LogP contribution in [0.2, 0.25) is 0 Å². The van der Waals surface area contributed by atoms with Crippen molar-refractivity contribution in [1.82, 2.24) is 0 Å². The minimum atomic E-state index is -0.0707. The van der Waals surface area contributed by atoms with Gasteiger partial charge in [0, 0.05) is 11.5 Å². The van der Waals surface area contributed by atoms with E-state index in [1.54, 1.807) is 0 Å². The summed E-state index contributed by atoms with van der Waals surface area (Å²) in [6.45, 7) is 6.55. The third kappa shape index (κ3) is 3.80. The van der Waals surface area contributed by atoms with Gasteiger partial charge >= 0.3 is 0 Å². The number of hydrogen-bond donors (Lipinski definition) is 0. The lowest BCUT2D eigenvalue weighted by Gasteiger charge is -2.25. The fraction of sp³-hybridized carbons (Fsp3) is 0.316. The summed E-state index contributed by atoms with van der Waals surface area (Å²) in [6.07, 6.45) is 0.852. The summed E-state index contributed by atoms with van der Waals surface area (Å²) in [6, 6.07) is 19.7. The minimum absolute atomic E-state index is 0.0707. The van der Waals surface area contributed by atoms with Crippen molar-refractivity contribution in [2.75, 3.05) is 0 Å². The maximum atomic E-state index is 12.8. The van der Waals surface area contributed by atoms with Gasteiger partial charge in [-0.3, -0.25) is 4.79 Å². The highest BCUT2D eigenvalue weighted by Gasteiger charge is 2.26. The summed E-state index contributed by atoms with van der Waals surface area (Å²) in [5, 5.41) is 0. The second kappa shape index (κ2) is 6.04. The smallest absolute Gasteiger partial charge is 0.170 e. The van der Waals surface area contributed by atoms with Crippen molar-refractivity contribution >= 4 is 5.78 Å². The molecule has 0 N–H and O–H groups in total. The zero-order valence-corrected chi connectivity index (χ0v) is 12.5. The summed E-state index contributed by atoms with van der Waals surface area (Å²) in [5.74, 6) is 0.144. The van der Waals surface area contributed by atoms with Crippen LogP contribution in [-0.4, -0.2) is 5.78 Å². The third-order valence-electron chi connectivity index (χ3n) is 3.39. The van der Waals surface area contributed by atoms with E-state index in [1.165, 1.54) is 0 Å². The average Bonchev–Trinajstić information content (AvgIpc) is 2.45. The molecule has 1 heteroatoms. The highest BCUT2D eigenvalue weighted by Crippen LogP contribution is 2.33. The molecule has 1 nitrogen and oxygen atoms in total. The van der Waals surface area contributed by atoms with Crippen LogP contribution in [0.1, 0.15) is 49.0 Å². The van der Waals surface area contributed by atoms with Crippen LogP contribution in [0.15, 0.2) is 60.7 Å². The normalized spacial score (nSPS) is 12.9. The largest absolute Gasteiger partial charge is 0.293 e. The van der Waals surface area contributed by atoms with E-state index in [9.17, 15) is 4.79 Å². The topological polar surface area (TPSA) is 17.1 Å². The SMILES string of the molecule is CC(C)(C)C[C@H](C(=O)c1ccccc1)c1ccccc1. The summed E-state index contributed by atoms with van der Waals surface area (Å²) < 4.78 is 0. The second-order valence-corrected chi connectivity index (χ2v) is 6.46. The predicted molar refractivity (Wildman–Crippen MR) is 84.0 cm³/mol. The molecule has 1 atom stereocenters. The lowest BCUT2D eigenvalue weighted by molar-refractivity contribution is 0.0935. The van der Waals surface area contributed by atoms with Crippen molar-refractivity contribution in [3.05, 3.63) is 71.8 Å². The van der Waals surface area contributed by atoms with E-state index in [2.05, 4.69) is 32.9 Å². The molecule has 2 aromatic rings. The molecule has 104 valence electrons. The Kier molecular flexibility index (Phi) is 4.39. The third-order valence-corrected chi connectivity index (χ3v) is 3.39. The Bertz CT molecular complexity index is 549. The number of benzene rings is 2. The summed E-state index contributed by atoms with van der Waals surface area (Å²) in [7, 11) is 0. The molecule has 0 aliphatic carbocycles. The van der Waals surface area contributed by atoms with Gasteiger partial charge in [0.15, 0.2) is 5.78 Å². The fourth-order valence-electron chi connectivity index (χ4n) is 2.46. The quantitative estimate of drug-likeness (QED) is 0.704. The van der Waals surface area contributed by atoms with Crippen LogP contribution in [0.3, 0.4) is 0 Å². The van der Waals surface area contributed by atoms with E-state index in [0.29, 0.717) is 0 Å². The highest BCUT2D eigenvalue weighted by atomic mass is 16.1. The van der Waals surface area contributed by atoms with Crippen LogP contribution in [0, 0.1) is 5.41 Å². The first-order chi connectivity index (χ1) is 9.47. The van der Waals surface area contributed by atoms with E-state index in [0.717, 1.165) is 17.5 Å². The van der Waals surface area contributed by atoms with Gasteiger partial charge in [0.05, 0.1) is 0 Å². The molecule has 2 aromatic carbocycles. The van der Waals surface area contributed by atoms with Crippen LogP contribution < -0.4 is 0 Å². The Morgan fingerprint density at radius 2 is 1.40 bits per heavy atom. The van der Waals surface area contributed by atoms with Crippen molar-refractivity contribution in [1.29, 1.82) is 0 Å². The number of ketones is 1. The molecule has 2 rings (SSSR count). The second-order valence-electron chi connectivity index (χ2n) is 6.46. The Morgan fingerprint density at radius 1 is 0.900 bits per heavy atom. The molecule has 0 aromatic heterocycles. The van der Waals surface area contributed by atoms with Gasteiger partial charge in [-0.2, -0.15) is 0 Å². The van der Waals surface area contributed by atoms with Crippen LogP contribution in [-0.2, 0) is 0 Å². The molecule has 0 fully saturated rings. The molecule has 0 radical (unpaired) electrons. The fourth-order valence-corrected chi connectivity index (χ4v) is 2.46. The van der Waals surface area contributed by atoms with Crippen LogP contribution in [0.25, 0.3) is 0 Å². The molecule has 0 saturated carbocycles. The molecule has 0 amide bonds. The summed E-state index contributed by atoms with van der Waals surface area (Å²) >= 11 is 0. The summed E-state index contributed by atoms with van der Waals surface area (Å²) in [4.78, 5) is 12.8. The number of Topliss-reactive ketones (excluding diaryl/α,β-unsaturated/α-hetero) is 1. The number of rotatable bonds is 4. The first kappa shape index (κ1) is 14.5. The number of carbonyl (C=O) groups is 1. The maximum Gasteiger partial charge on any atom is 0.170 e. The highest BCUT2D eigenvalue weighted by molar-refractivity contribution is 6.00. The van der Waals surface area contributed by atoms with Crippen molar-refractivity contribution in [3.63, 3.8) is 0 Å². The lowest BCUT2D eigenvalue weighted by atomic mass is 9.78. The first-order valence-electron chi connectivity index (χ1n) is 7.11. The van der Waals surface area contributed by atoms with E-state index in [-0.39, 0.29) is 17.1 Å². The monoisotopic (exact) mass is 266 g/mol. The number of hydrogen-bond acceptors (Lipinski definition) is 1. The molecule has 0 saturated heterocycles. The van der Waals surface area contributed by atoms with Gasteiger partial charge in [0.25, 0.3) is 0 Å². The molecular weight excluding hydrogens is 244 g/mol. The summed E-state index contributed by atoms with van der Waals surface area (Å²) in [5.41, 5.74) is 2.02. The Balaban J connectivity index is 2.35. The van der Waals surface area contributed by atoms with Gasteiger partial charge in [0.1, 0.15) is 0 Å². The average molecular weight is 266 g/mol. The van der Waals surface area contributed by atoms with Crippen molar-refractivity contribution in [2.24, 2.45) is 5.41 Å². The zero-order valence-electron chi connectivity index (χ0n) is 12.5. The maximum absolute atomic E-state index is 12.8.